The second-order valence-corrected chi connectivity index (χ2v) is 3.84. The fourth-order valence-electron chi connectivity index (χ4n) is 1.34. The lowest BCUT2D eigenvalue weighted by Gasteiger charge is -2.09. The summed E-state index contributed by atoms with van der Waals surface area (Å²) in [7, 11) is 0. The number of nitrogens with one attached hydrogen (secondary N) is 1. The van der Waals surface area contributed by atoms with E-state index in [9.17, 15) is 13.2 Å². The van der Waals surface area contributed by atoms with E-state index in [4.69, 9.17) is 0 Å². The van der Waals surface area contributed by atoms with Gasteiger partial charge in [0.1, 0.15) is 0 Å². The second kappa shape index (κ2) is 6.18. The summed E-state index contributed by atoms with van der Waals surface area (Å²) in [5.74, 6) is -0.0765. The zero-order chi connectivity index (χ0) is 14.4. The lowest BCUT2D eigenvalue weighted by Crippen LogP contribution is -2.19. The van der Waals surface area contributed by atoms with Gasteiger partial charge in [0.2, 0.25) is 5.88 Å². The molecule has 20 heavy (non-hydrogen) atoms. The highest BCUT2D eigenvalue weighted by Crippen LogP contribution is 2.18. The predicted molar refractivity (Wildman–Crippen MR) is 65.1 cm³/mol. The number of pyridine rings is 1. The number of hydrogen-bond acceptors (Lipinski definition) is 5. The Morgan fingerprint density at radius 1 is 1.10 bits per heavy atom. The summed E-state index contributed by atoms with van der Waals surface area (Å²) in [5, 5.41) is 3.02. The van der Waals surface area contributed by atoms with Crippen molar-refractivity contribution in [3.8, 4) is 5.88 Å². The topological polar surface area (TPSA) is 59.9 Å². The minimum absolute atomic E-state index is 0.0765. The lowest BCUT2D eigenvalue weighted by atomic mass is 10.4. The maximum Gasteiger partial charge on any atom is 0.422 e. The van der Waals surface area contributed by atoms with Gasteiger partial charge in [-0.2, -0.15) is 13.2 Å². The summed E-state index contributed by atoms with van der Waals surface area (Å²) in [6.07, 6.45) is 1.77. The third kappa shape index (κ3) is 4.71. The number of halogens is 3. The van der Waals surface area contributed by atoms with Gasteiger partial charge >= 0.3 is 6.18 Å². The number of alkyl halides is 3. The molecule has 0 aromatic carbocycles. The number of hydrogen-bond donors (Lipinski definition) is 1. The molecule has 0 amide bonds. The highest BCUT2D eigenvalue weighted by Gasteiger charge is 2.28. The van der Waals surface area contributed by atoms with Crippen LogP contribution in [0.2, 0.25) is 0 Å². The van der Waals surface area contributed by atoms with Crippen LogP contribution in [0.3, 0.4) is 0 Å². The summed E-state index contributed by atoms with van der Waals surface area (Å²) in [6, 6.07) is 2.94. The summed E-state index contributed by atoms with van der Waals surface area (Å²) < 4.78 is 40.4. The Morgan fingerprint density at radius 2 is 1.95 bits per heavy atom. The van der Waals surface area contributed by atoms with E-state index in [1.54, 1.807) is 24.7 Å². The van der Waals surface area contributed by atoms with Gasteiger partial charge in [-0.05, 0) is 6.07 Å². The Balaban J connectivity index is 1.85. The fourth-order valence-corrected chi connectivity index (χ4v) is 1.34. The molecule has 2 rings (SSSR count). The monoisotopic (exact) mass is 284 g/mol. The minimum Gasteiger partial charge on any atom is -0.468 e. The molecule has 0 aliphatic heterocycles. The molecule has 8 heteroatoms. The van der Waals surface area contributed by atoms with Gasteiger partial charge in [0.25, 0.3) is 0 Å². The molecule has 0 aliphatic rings. The molecule has 0 unspecified atom stereocenters. The van der Waals surface area contributed by atoms with Crippen LogP contribution in [-0.2, 0) is 6.54 Å². The van der Waals surface area contributed by atoms with Gasteiger partial charge in [0.05, 0.1) is 30.3 Å². The maximum atomic E-state index is 12.0. The lowest BCUT2D eigenvalue weighted by molar-refractivity contribution is -0.154. The van der Waals surface area contributed by atoms with Crippen molar-refractivity contribution >= 4 is 5.69 Å². The zero-order valence-corrected chi connectivity index (χ0v) is 10.3. The first kappa shape index (κ1) is 14.0. The first-order valence-corrected chi connectivity index (χ1v) is 5.67. The molecule has 0 radical (unpaired) electrons. The number of anilines is 1. The molecule has 0 atom stereocenters. The van der Waals surface area contributed by atoms with E-state index in [0.29, 0.717) is 12.2 Å². The van der Waals surface area contributed by atoms with Crippen LogP contribution in [0, 0.1) is 0 Å². The van der Waals surface area contributed by atoms with Crippen molar-refractivity contribution < 1.29 is 17.9 Å². The van der Waals surface area contributed by atoms with Crippen molar-refractivity contribution in [1.82, 2.24) is 15.0 Å². The normalized spacial score (nSPS) is 11.2. The van der Waals surface area contributed by atoms with Crippen molar-refractivity contribution in [2.75, 3.05) is 11.9 Å². The Bertz CT molecular complexity index is 531. The Morgan fingerprint density at radius 3 is 2.55 bits per heavy atom. The Hall–Kier alpha value is -2.38. The van der Waals surface area contributed by atoms with Crippen LogP contribution in [0.1, 0.15) is 5.69 Å². The van der Waals surface area contributed by atoms with Crippen LogP contribution in [-0.4, -0.2) is 27.7 Å². The molecule has 0 saturated heterocycles. The maximum absolute atomic E-state index is 12.0. The number of nitrogens with zero attached hydrogens (tertiary/aromatic N) is 3. The summed E-state index contributed by atoms with van der Waals surface area (Å²) >= 11 is 0. The molecular weight excluding hydrogens is 273 g/mol. The standard InChI is InChI=1S/C12H11F3N4O/c13-12(14,15)8-20-11-2-1-9(6-19-11)18-7-10-5-16-3-4-17-10/h1-6,18H,7-8H2. The van der Waals surface area contributed by atoms with Gasteiger partial charge in [-0.15, -0.1) is 0 Å². The van der Waals surface area contributed by atoms with Crippen molar-refractivity contribution in [3.05, 3.63) is 42.6 Å². The number of aromatic nitrogens is 3. The molecule has 0 saturated carbocycles. The molecule has 0 aliphatic carbocycles. The van der Waals surface area contributed by atoms with Crippen LogP contribution in [0.25, 0.3) is 0 Å². The second-order valence-electron chi connectivity index (χ2n) is 3.84. The molecule has 106 valence electrons. The van der Waals surface area contributed by atoms with E-state index < -0.39 is 12.8 Å². The molecule has 2 aromatic rings. The molecule has 2 aromatic heterocycles. The van der Waals surface area contributed by atoms with Gasteiger partial charge in [-0.3, -0.25) is 9.97 Å². The summed E-state index contributed by atoms with van der Waals surface area (Å²) in [4.78, 5) is 11.8. The SMILES string of the molecule is FC(F)(F)COc1ccc(NCc2cnccn2)cn1. The smallest absolute Gasteiger partial charge is 0.422 e. The molecule has 0 spiro atoms. The Labute approximate surface area is 112 Å². The third-order valence-electron chi connectivity index (χ3n) is 2.21. The van der Waals surface area contributed by atoms with Crippen molar-refractivity contribution in [3.63, 3.8) is 0 Å². The van der Waals surface area contributed by atoms with E-state index in [2.05, 4.69) is 25.0 Å². The molecule has 0 fully saturated rings. The quantitative estimate of drug-likeness (QED) is 0.913. The van der Waals surface area contributed by atoms with Crippen molar-refractivity contribution in [2.45, 2.75) is 12.7 Å². The Kier molecular flexibility index (Phi) is 4.34. The number of ether oxygens (including phenoxy) is 1. The first-order valence-electron chi connectivity index (χ1n) is 5.67. The predicted octanol–water partition coefficient (Wildman–Crippen LogP) is 2.42. The van der Waals surface area contributed by atoms with Crippen LogP contribution >= 0.6 is 0 Å². The van der Waals surface area contributed by atoms with E-state index >= 15 is 0 Å². The van der Waals surface area contributed by atoms with E-state index in [1.807, 2.05) is 0 Å². The van der Waals surface area contributed by atoms with Crippen molar-refractivity contribution in [1.29, 1.82) is 0 Å². The van der Waals surface area contributed by atoms with Gasteiger partial charge in [-0.25, -0.2) is 4.98 Å². The number of rotatable bonds is 5. The largest absolute Gasteiger partial charge is 0.468 e. The zero-order valence-electron chi connectivity index (χ0n) is 10.3. The van der Waals surface area contributed by atoms with E-state index in [-0.39, 0.29) is 5.88 Å². The van der Waals surface area contributed by atoms with Crippen LogP contribution in [0.15, 0.2) is 36.9 Å². The molecule has 2 heterocycles. The average Bonchev–Trinajstić information content (AvgIpc) is 2.44. The highest BCUT2D eigenvalue weighted by molar-refractivity contribution is 5.42. The van der Waals surface area contributed by atoms with Gasteiger partial charge in [0, 0.05) is 18.5 Å². The molecule has 5 nitrogen and oxygen atoms in total. The van der Waals surface area contributed by atoms with Gasteiger partial charge in [0.15, 0.2) is 6.61 Å². The molecule has 0 bridgehead atoms. The van der Waals surface area contributed by atoms with Crippen LogP contribution in [0.5, 0.6) is 5.88 Å². The van der Waals surface area contributed by atoms with E-state index in [0.717, 1.165) is 5.69 Å². The first-order chi connectivity index (χ1) is 9.53. The van der Waals surface area contributed by atoms with Gasteiger partial charge < -0.3 is 10.1 Å². The molecular formula is C12H11F3N4O. The average molecular weight is 284 g/mol. The third-order valence-corrected chi connectivity index (χ3v) is 2.21. The van der Waals surface area contributed by atoms with Crippen LogP contribution < -0.4 is 10.1 Å². The van der Waals surface area contributed by atoms with Gasteiger partial charge in [-0.1, -0.05) is 0 Å². The fraction of sp³-hybridized carbons (Fsp3) is 0.250. The summed E-state index contributed by atoms with van der Waals surface area (Å²) in [5.41, 5.74) is 1.39. The highest BCUT2D eigenvalue weighted by atomic mass is 19.4. The summed E-state index contributed by atoms with van der Waals surface area (Å²) in [6.45, 7) is -0.912. The van der Waals surface area contributed by atoms with Crippen LogP contribution in [0.4, 0.5) is 18.9 Å². The van der Waals surface area contributed by atoms with Crippen molar-refractivity contribution in [2.24, 2.45) is 0 Å². The van der Waals surface area contributed by atoms with E-state index in [1.165, 1.54) is 12.3 Å². The minimum atomic E-state index is -4.37. The molecule has 1 N–H and O–H groups in total.